The van der Waals surface area contributed by atoms with Crippen molar-refractivity contribution in [3.8, 4) is 0 Å². The van der Waals surface area contributed by atoms with Gasteiger partial charge >= 0.3 is 6.47 Å². The largest absolute Gasteiger partial charge is 0.424 e. The van der Waals surface area contributed by atoms with Crippen LogP contribution in [0, 0.1) is 0 Å². The molecule has 0 aliphatic carbocycles. The Morgan fingerprint density at radius 3 is 2.40 bits per heavy atom. The Bertz CT molecular complexity index is 36.9. The van der Waals surface area contributed by atoms with Gasteiger partial charge in [-0.2, -0.15) is 0 Å². The van der Waals surface area contributed by atoms with Gasteiger partial charge in [-0.1, -0.05) is 0 Å². The number of carbonyl (C=O) groups excluding carboxylic acids is 1. The van der Waals surface area contributed by atoms with E-state index in [1.807, 2.05) is 0 Å². The van der Waals surface area contributed by atoms with Gasteiger partial charge in [-0.25, -0.2) is 4.79 Å². The summed E-state index contributed by atoms with van der Waals surface area (Å²) in [6, 6.07) is 0. The molecule has 0 N–H and O–H groups in total. The molecule has 0 amide bonds. The molecule has 3 heteroatoms. The molecule has 0 aromatic rings. The first kappa shape index (κ1) is 4.56. The van der Waals surface area contributed by atoms with Crippen molar-refractivity contribution in [2.24, 2.45) is 0 Å². The molecule has 0 aromatic carbocycles. The van der Waals surface area contributed by atoms with E-state index >= 15 is 0 Å². The maximum Gasteiger partial charge on any atom is 0.424 e. The highest BCUT2D eigenvalue weighted by Crippen LogP contribution is 1.48. The van der Waals surface area contributed by atoms with Gasteiger partial charge in [-0.05, 0) is 12.2 Å². The Morgan fingerprint density at radius 2 is 2.40 bits per heavy atom. The molecule has 0 aliphatic rings. The molecular formula is C2O2S. The van der Waals surface area contributed by atoms with Crippen molar-refractivity contribution < 1.29 is 9.53 Å². The Kier molecular flexibility index (Phi) is 3.25. The van der Waals surface area contributed by atoms with E-state index in [0.29, 0.717) is 0 Å². The van der Waals surface area contributed by atoms with Crippen LogP contribution in [0.5, 0.6) is 0 Å². The van der Waals surface area contributed by atoms with Gasteiger partial charge in [-0.3, -0.25) is 0 Å². The highest BCUT2D eigenvalue weighted by atomic mass is 32.1. The van der Waals surface area contributed by atoms with Gasteiger partial charge in [-0.15, -0.1) is 0 Å². The van der Waals surface area contributed by atoms with Gasteiger partial charge in [0.1, 0.15) is 0 Å². The van der Waals surface area contributed by atoms with E-state index in [2.05, 4.69) is 17.0 Å². The summed E-state index contributed by atoms with van der Waals surface area (Å²) in [7, 11) is 0. The lowest BCUT2D eigenvalue weighted by Crippen LogP contribution is -1.74. The van der Waals surface area contributed by atoms with E-state index < -0.39 is 0 Å². The zero-order valence-electron chi connectivity index (χ0n) is 2.22. The molecule has 5 heavy (non-hydrogen) atoms. The lowest BCUT2D eigenvalue weighted by molar-refractivity contribution is 0.452. The van der Waals surface area contributed by atoms with Crippen molar-refractivity contribution in [3.63, 3.8) is 0 Å². The summed E-state index contributed by atoms with van der Waals surface area (Å²) in [5.74, 6) is 0. The Hall–Kier alpha value is -0.440. The third-order valence-electron chi connectivity index (χ3n) is 0.0833. The standard InChI is InChI=1S/C2O2S/c3-1-4-2-5. The molecular weight excluding hydrogens is 88.1 g/mol. The van der Waals surface area contributed by atoms with Gasteiger partial charge in [0.2, 0.25) is 5.55 Å². The number of rotatable bonds is 2. The predicted octanol–water partition coefficient (Wildman–Crippen LogP) is -0.0956. The molecule has 0 heterocycles. The van der Waals surface area contributed by atoms with Crippen LogP contribution in [-0.4, -0.2) is 12.0 Å². The highest BCUT2D eigenvalue weighted by molar-refractivity contribution is 7.78. The van der Waals surface area contributed by atoms with Crippen LogP contribution in [0.1, 0.15) is 0 Å². The van der Waals surface area contributed by atoms with Crippen LogP contribution in [-0.2, 0) is 9.53 Å². The number of hydrogen-bond acceptors (Lipinski definition) is 3. The van der Waals surface area contributed by atoms with Crippen LogP contribution in [0.15, 0.2) is 0 Å². The molecule has 0 bridgehead atoms. The summed E-state index contributed by atoms with van der Waals surface area (Å²) in [6.07, 6.45) is 0. The van der Waals surface area contributed by atoms with Gasteiger partial charge in [0.25, 0.3) is 0 Å². The molecule has 0 saturated heterocycles. The summed E-state index contributed by atoms with van der Waals surface area (Å²) in [5, 5.41) is 0. The van der Waals surface area contributed by atoms with E-state index in [1.165, 1.54) is 0 Å². The van der Waals surface area contributed by atoms with Crippen molar-refractivity contribution in [2.45, 2.75) is 0 Å². The van der Waals surface area contributed by atoms with Crippen LogP contribution in [0.2, 0.25) is 0 Å². The summed E-state index contributed by atoms with van der Waals surface area (Å²) < 4.78 is 3.59. The second-order valence-electron chi connectivity index (χ2n) is 0.269. The van der Waals surface area contributed by atoms with E-state index in [0.717, 1.165) is 6.47 Å². The molecule has 0 saturated carbocycles. The summed E-state index contributed by atoms with van der Waals surface area (Å²) in [6.45, 7) is 1.05. The first-order chi connectivity index (χ1) is 2.41. The topological polar surface area (TPSA) is 26.3 Å². The maximum absolute atomic E-state index is 8.93. The molecule has 0 fully saturated rings. The molecule has 0 spiro atoms. The number of ether oxygens (including phenoxy) is 1. The average molecular weight is 88.1 g/mol. The molecule has 0 rings (SSSR count). The molecule has 2 nitrogen and oxygen atoms in total. The summed E-state index contributed by atoms with van der Waals surface area (Å²) in [5.41, 5.74) is 1.68. The van der Waals surface area contributed by atoms with E-state index in [9.17, 15) is 0 Å². The lowest BCUT2D eigenvalue weighted by atomic mass is 11.5. The third kappa shape index (κ3) is 3.56. The SMILES string of the molecule is O=[C]O[C]=S. The van der Waals surface area contributed by atoms with Gasteiger partial charge in [0, 0.05) is 0 Å². The zero-order chi connectivity index (χ0) is 4.12. The fraction of sp³-hybridized carbons (Fsp3) is 0. The van der Waals surface area contributed by atoms with Crippen LogP contribution in [0.4, 0.5) is 0 Å². The third-order valence-corrected chi connectivity index (χ3v) is 0.167. The van der Waals surface area contributed by atoms with Crippen molar-refractivity contribution >= 4 is 24.2 Å². The fourth-order valence-corrected chi connectivity index (χ4v) is 0.0510. The first-order valence-electron chi connectivity index (χ1n) is 0.816. The minimum absolute atomic E-state index is 1.05. The van der Waals surface area contributed by atoms with E-state index in [-0.39, 0.29) is 0 Å². The summed E-state index contributed by atoms with van der Waals surface area (Å²) >= 11 is 3.92. The number of hydrogen-bond donors (Lipinski definition) is 0. The van der Waals surface area contributed by atoms with Crippen LogP contribution >= 0.6 is 12.2 Å². The van der Waals surface area contributed by atoms with Crippen molar-refractivity contribution in [1.82, 2.24) is 0 Å². The predicted molar refractivity (Wildman–Crippen MR) is 19.4 cm³/mol. The lowest BCUT2D eigenvalue weighted by Gasteiger charge is -1.63. The zero-order valence-corrected chi connectivity index (χ0v) is 3.04. The quantitative estimate of drug-likeness (QED) is 0.441. The van der Waals surface area contributed by atoms with Gasteiger partial charge in [0.05, 0.1) is 0 Å². The van der Waals surface area contributed by atoms with Gasteiger partial charge in [0.15, 0.2) is 0 Å². The van der Waals surface area contributed by atoms with Crippen LogP contribution in [0.25, 0.3) is 0 Å². The first-order valence-corrected chi connectivity index (χ1v) is 1.22. The molecule has 0 aromatic heterocycles. The van der Waals surface area contributed by atoms with E-state index in [1.54, 1.807) is 5.55 Å². The second kappa shape index (κ2) is 3.56. The molecule has 2 radical (unpaired) electrons. The van der Waals surface area contributed by atoms with Crippen LogP contribution < -0.4 is 0 Å². The summed E-state index contributed by atoms with van der Waals surface area (Å²) in [4.78, 5) is 8.93. The second-order valence-corrected chi connectivity index (χ2v) is 0.435. The minimum Gasteiger partial charge on any atom is -0.401 e. The average Bonchev–Trinajstić information content (AvgIpc) is 1.41. The maximum atomic E-state index is 8.93. The highest BCUT2D eigenvalue weighted by Gasteiger charge is 1.62. The number of thiocarbonyl (C=S) groups is 1. The Labute approximate surface area is 34.7 Å². The normalized spacial score (nSPS) is 5.60. The van der Waals surface area contributed by atoms with Crippen molar-refractivity contribution in [1.29, 1.82) is 0 Å². The molecule has 26 valence electrons. The van der Waals surface area contributed by atoms with Gasteiger partial charge < -0.3 is 4.74 Å². The Balaban J connectivity index is 2.65. The monoisotopic (exact) mass is 88.0 g/mol. The molecule has 0 atom stereocenters. The van der Waals surface area contributed by atoms with E-state index in [4.69, 9.17) is 4.79 Å². The van der Waals surface area contributed by atoms with Crippen molar-refractivity contribution in [2.75, 3.05) is 0 Å². The van der Waals surface area contributed by atoms with Crippen molar-refractivity contribution in [3.05, 3.63) is 0 Å². The molecule has 0 aliphatic heterocycles. The molecule has 0 unspecified atom stereocenters. The Morgan fingerprint density at radius 1 is 1.80 bits per heavy atom. The fourth-order valence-electron chi connectivity index (χ4n) is 0.0170. The van der Waals surface area contributed by atoms with Crippen LogP contribution in [0.3, 0.4) is 0 Å². The smallest absolute Gasteiger partial charge is 0.401 e. The minimum atomic E-state index is 1.05.